The fraction of sp³-hybridized carbons (Fsp3) is 0.375. The molecule has 2 aromatic carbocycles. The number of aromatic nitrogens is 2. The molecule has 1 saturated heterocycles. The molecular formula is C24H26ClFN4O2. The van der Waals surface area contributed by atoms with Gasteiger partial charge in [-0.05, 0) is 49.4 Å². The number of nitrogens with one attached hydrogen (secondary N) is 2. The van der Waals surface area contributed by atoms with Crippen molar-refractivity contribution in [1.29, 1.82) is 0 Å². The molecule has 1 unspecified atom stereocenters. The van der Waals surface area contributed by atoms with Gasteiger partial charge in [-0.15, -0.1) is 12.4 Å². The number of benzene rings is 2. The van der Waals surface area contributed by atoms with E-state index in [1.54, 1.807) is 29.2 Å². The van der Waals surface area contributed by atoms with E-state index in [2.05, 4.69) is 22.4 Å². The van der Waals surface area contributed by atoms with Gasteiger partial charge in [-0.25, -0.2) is 9.49 Å². The molecule has 3 aromatic rings. The first-order chi connectivity index (χ1) is 15.0. The van der Waals surface area contributed by atoms with Crippen LogP contribution in [-0.4, -0.2) is 46.2 Å². The van der Waals surface area contributed by atoms with Crippen molar-refractivity contribution in [3.8, 4) is 0 Å². The summed E-state index contributed by atoms with van der Waals surface area (Å²) in [5.41, 5.74) is 1.29. The van der Waals surface area contributed by atoms with Crippen molar-refractivity contribution in [2.75, 3.05) is 13.1 Å². The van der Waals surface area contributed by atoms with Gasteiger partial charge in [-0.1, -0.05) is 24.3 Å². The van der Waals surface area contributed by atoms with Crippen LogP contribution in [0, 0.1) is 11.7 Å². The molecule has 1 aromatic heterocycles. The minimum absolute atomic E-state index is 0. The fourth-order valence-corrected chi connectivity index (χ4v) is 4.37. The summed E-state index contributed by atoms with van der Waals surface area (Å²) in [4.78, 5) is 26.6. The van der Waals surface area contributed by atoms with Crippen molar-refractivity contribution in [2.24, 2.45) is 5.92 Å². The van der Waals surface area contributed by atoms with Crippen LogP contribution < -0.4 is 10.9 Å². The van der Waals surface area contributed by atoms with Crippen LogP contribution in [0.1, 0.15) is 41.4 Å². The van der Waals surface area contributed by atoms with Crippen molar-refractivity contribution in [3.63, 3.8) is 0 Å². The third-order valence-corrected chi connectivity index (χ3v) is 6.40. The average Bonchev–Trinajstić information content (AvgIpc) is 3.59. The van der Waals surface area contributed by atoms with Gasteiger partial charge in [0.05, 0.1) is 16.6 Å². The summed E-state index contributed by atoms with van der Waals surface area (Å²) in [6, 6.07) is 12.6. The maximum atomic E-state index is 14.5. The second-order valence-electron chi connectivity index (χ2n) is 8.74. The summed E-state index contributed by atoms with van der Waals surface area (Å²) in [6.45, 7) is 3.40. The number of carbonyl (C=O) groups is 1. The second kappa shape index (κ2) is 9.00. The SMILES string of the molecule is CC(NC1CN(C(=O)c2cc(Cc3n[nH]c(=O)c4ccccc34)ccc2F)C1)C1CC1.Cl. The smallest absolute Gasteiger partial charge is 0.272 e. The van der Waals surface area contributed by atoms with E-state index < -0.39 is 5.82 Å². The van der Waals surface area contributed by atoms with E-state index >= 15 is 0 Å². The number of hydrogen-bond donors (Lipinski definition) is 2. The van der Waals surface area contributed by atoms with E-state index in [1.165, 1.54) is 18.9 Å². The Labute approximate surface area is 191 Å². The van der Waals surface area contributed by atoms with Crippen LogP contribution >= 0.6 is 12.4 Å². The Morgan fingerprint density at radius 3 is 2.66 bits per heavy atom. The number of nitrogens with zero attached hydrogens (tertiary/aromatic N) is 2. The Morgan fingerprint density at radius 1 is 1.22 bits per heavy atom. The Kier molecular flexibility index (Phi) is 6.31. The number of fused-ring (bicyclic) bond motifs is 1. The van der Waals surface area contributed by atoms with Gasteiger partial charge in [-0.2, -0.15) is 5.10 Å². The van der Waals surface area contributed by atoms with Gasteiger partial charge in [0.1, 0.15) is 5.82 Å². The third-order valence-electron chi connectivity index (χ3n) is 6.40. The van der Waals surface area contributed by atoms with Crippen molar-refractivity contribution >= 4 is 29.1 Å². The number of H-pyrrole nitrogens is 1. The van der Waals surface area contributed by atoms with Crippen molar-refractivity contribution < 1.29 is 9.18 Å². The normalized spacial score (nSPS) is 17.0. The van der Waals surface area contributed by atoms with Crippen LogP contribution in [0.2, 0.25) is 0 Å². The lowest BCUT2D eigenvalue weighted by Gasteiger charge is -2.41. The molecule has 32 heavy (non-hydrogen) atoms. The zero-order valence-electron chi connectivity index (χ0n) is 17.8. The molecular weight excluding hydrogens is 431 g/mol. The predicted molar refractivity (Wildman–Crippen MR) is 124 cm³/mol. The molecule has 1 amide bonds. The number of aromatic amines is 1. The van der Waals surface area contributed by atoms with E-state index in [0.29, 0.717) is 36.6 Å². The molecule has 2 N–H and O–H groups in total. The number of halogens is 2. The van der Waals surface area contributed by atoms with E-state index in [1.807, 2.05) is 12.1 Å². The predicted octanol–water partition coefficient (Wildman–Crippen LogP) is 3.29. The van der Waals surface area contributed by atoms with Crippen LogP contribution in [0.3, 0.4) is 0 Å². The minimum Gasteiger partial charge on any atom is -0.335 e. The molecule has 0 spiro atoms. The van der Waals surface area contributed by atoms with E-state index in [-0.39, 0.29) is 35.5 Å². The number of carbonyl (C=O) groups excluding carboxylic acids is 1. The van der Waals surface area contributed by atoms with Crippen LogP contribution in [0.4, 0.5) is 4.39 Å². The van der Waals surface area contributed by atoms with Crippen molar-refractivity contribution in [2.45, 2.75) is 38.3 Å². The van der Waals surface area contributed by atoms with Crippen LogP contribution in [0.25, 0.3) is 10.8 Å². The van der Waals surface area contributed by atoms with Gasteiger partial charge < -0.3 is 10.2 Å². The first-order valence-corrected chi connectivity index (χ1v) is 10.8. The molecule has 0 bridgehead atoms. The van der Waals surface area contributed by atoms with E-state index in [4.69, 9.17) is 0 Å². The monoisotopic (exact) mass is 456 g/mol. The van der Waals surface area contributed by atoms with Gasteiger partial charge in [0.15, 0.2) is 0 Å². The average molecular weight is 457 g/mol. The molecule has 2 aliphatic rings. The Balaban J connectivity index is 0.00000245. The highest BCUT2D eigenvalue weighted by Gasteiger charge is 2.36. The lowest BCUT2D eigenvalue weighted by Crippen LogP contribution is -2.61. The molecule has 8 heteroatoms. The molecule has 168 valence electrons. The Hall–Kier alpha value is -2.77. The first-order valence-electron chi connectivity index (χ1n) is 10.8. The molecule has 5 rings (SSSR count). The zero-order valence-corrected chi connectivity index (χ0v) is 18.6. The molecule has 1 saturated carbocycles. The number of amides is 1. The number of rotatable bonds is 6. The summed E-state index contributed by atoms with van der Waals surface area (Å²) in [5, 5.41) is 11.6. The lowest BCUT2D eigenvalue weighted by molar-refractivity contribution is 0.0546. The quantitative estimate of drug-likeness (QED) is 0.596. The molecule has 1 aliphatic carbocycles. The molecule has 0 radical (unpaired) electrons. The second-order valence-corrected chi connectivity index (χ2v) is 8.74. The molecule has 2 fully saturated rings. The van der Waals surface area contributed by atoms with E-state index in [0.717, 1.165) is 16.9 Å². The van der Waals surface area contributed by atoms with Gasteiger partial charge in [0, 0.05) is 37.0 Å². The summed E-state index contributed by atoms with van der Waals surface area (Å²) >= 11 is 0. The van der Waals surface area contributed by atoms with Crippen LogP contribution in [-0.2, 0) is 6.42 Å². The van der Waals surface area contributed by atoms with Gasteiger partial charge >= 0.3 is 0 Å². The minimum atomic E-state index is -0.518. The Bertz CT molecular complexity index is 1200. The number of likely N-dealkylation sites (tertiary alicyclic amines) is 1. The van der Waals surface area contributed by atoms with Crippen molar-refractivity contribution in [1.82, 2.24) is 20.4 Å². The highest BCUT2D eigenvalue weighted by atomic mass is 35.5. The number of hydrogen-bond acceptors (Lipinski definition) is 4. The van der Waals surface area contributed by atoms with Crippen LogP contribution in [0.5, 0.6) is 0 Å². The summed E-state index contributed by atoms with van der Waals surface area (Å²) in [7, 11) is 0. The summed E-state index contributed by atoms with van der Waals surface area (Å²) in [5.74, 6) is -0.0388. The highest BCUT2D eigenvalue weighted by Crippen LogP contribution is 2.33. The topological polar surface area (TPSA) is 78.1 Å². The highest BCUT2D eigenvalue weighted by molar-refractivity contribution is 5.95. The third kappa shape index (κ3) is 4.40. The summed E-state index contributed by atoms with van der Waals surface area (Å²) in [6.07, 6.45) is 2.95. The molecule has 1 atom stereocenters. The Morgan fingerprint density at radius 2 is 1.94 bits per heavy atom. The summed E-state index contributed by atoms with van der Waals surface area (Å²) < 4.78 is 14.5. The maximum absolute atomic E-state index is 14.5. The molecule has 6 nitrogen and oxygen atoms in total. The molecule has 1 aliphatic heterocycles. The standard InChI is InChI=1S/C24H25FN4O2.ClH/c1-14(16-7-8-16)26-17-12-29(13-17)24(31)20-10-15(6-9-21(20)25)11-22-18-4-2-3-5-19(18)23(30)28-27-22;/h2-6,9-10,14,16-17,26H,7-8,11-13H2,1H3,(H,28,30);1H. The van der Waals surface area contributed by atoms with Gasteiger partial charge in [-0.3, -0.25) is 9.59 Å². The van der Waals surface area contributed by atoms with Gasteiger partial charge in [0.2, 0.25) is 0 Å². The largest absolute Gasteiger partial charge is 0.335 e. The molecule has 2 heterocycles. The van der Waals surface area contributed by atoms with Crippen LogP contribution in [0.15, 0.2) is 47.3 Å². The van der Waals surface area contributed by atoms with Crippen molar-refractivity contribution in [3.05, 3.63) is 75.5 Å². The zero-order chi connectivity index (χ0) is 21.5. The first kappa shape index (κ1) is 22.4. The van der Waals surface area contributed by atoms with Gasteiger partial charge in [0.25, 0.3) is 11.5 Å². The lowest BCUT2D eigenvalue weighted by atomic mass is 10.00. The fourth-order valence-electron chi connectivity index (χ4n) is 4.37. The van der Waals surface area contributed by atoms with E-state index in [9.17, 15) is 14.0 Å². The maximum Gasteiger partial charge on any atom is 0.272 e.